The molecule has 1 heterocycles. The first-order valence-electron chi connectivity index (χ1n) is 15.6. The van der Waals surface area contributed by atoms with Crippen LogP contribution in [0.25, 0.3) is 44.5 Å². The fourth-order valence-corrected chi connectivity index (χ4v) is 6.98. The van der Waals surface area contributed by atoms with Gasteiger partial charge in [0, 0.05) is 11.8 Å². The van der Waals surface area contributed by atoms with Gasteiger partial charge in [0.05, 0.1) is 24.3 Å². The Morgan fingerprint density at radius 3 is 1.89 bits per heavy atom. The van der Waals surface area contributed by atoms with Crippen molar-refractivity contribution in [2.24, 2.45) is 0 Å². The number of hydrogen-bond donors (Lipinski definition) is 2. The minimum Gasteiger partial charge on any atom is -0.481 e. The molecule has 4 nitrogen and oxygen atoms in total. The van der Waals surface area contributed by atoms with E-state index in [0.717, 1.165) is 40.0 Å². The van der Waals surface area contributed by atoms with Gasteiger partial charge in [-0.2, -0.15) is 0 Å². The van der Waals surface area contributed by atoms with E-state index in [1.54, 1.807) is 32.7 Å². The normalized spacial score (nSPS) is 12.1. The minimum absolute atomic E-state index is 0.00650. The quantitative estimate of drug-likeness (QED) is 0.183. The van der Waals surface area contributed by atoms with Gasteiger partial charge in [-0.05, 0) is 109 Å². The third kappa shape index (κ3) is 7.06. The van der Waals surface area contributed by atoms with E-state index in [2.05, 4.69) is 128 Å². The van der Waals surface area contributed by atoms with Crippen LogP contribution in [-0.4, -0.2) is 28.0 Å². The highest BCUT2D eigenvalue weighted by molar-refractivity contribution is 7.99. The molecule has 0 amide bonds. The maximum atomic E-state index is 12.1. The second-order valence-electron chi connectivity index (χ2n) is 12.9. The molecule has 0 saturated carbocycles. The summed E-state index contributed by atoms with van der Waals surface area (Å²) in [5, 5.41) is 18.4. The number of aryl methyl sites for hydroxylation is 1. The Morgan fingerprint density at radius 1 is 0.739 bits per heavy atom. The first-order valence-corrected chi connectivity index (χ1v) is 16.8. The van der Waals surface area contributed by atoms with E-state index in [0.29, 0.717) is 0 Å². The Morgan fingerprint density at radius 2 is 1.30 bits per heavy atom. The SMILES string of the molecule is CC(C)(C)O.CSN1Cc2cc(-c3ccccc3-c3ccccc3)ccc2-c2c(C)c(-c3ccc(C)cc3)c(CC(=O)O)c(C)c21. The number of nitrogens with zero attached hydrogens (tertiary/aromatic N) is 1. The molecular formula is C41H43NO3S. The highest BCUT2D eigenvalue weighted by Gasteiger charge is 2.30. The Kier molecular flexibility index (Phi) is 9.76. The van der Waals surface area contributed by atoms with Crippen molar-refractivity contribution in [3.8, 4) is 44.5 Å². The lowest BCUT2D eigenvalue weighted by molar-refractivity contribution is -0.136. The van der Waals surface area contributed by atoms with Crippen molar-refractivity contribution in [3.63, 3.8) is 0 Å². The predicted molar refractivity (Wildman–Crippen MR) is 195 cm³/mol. The summed E-state index contributed by atoms with van der Waals surface area (Å²) in [6, 6.07) is 34.5. The van der Waals surface area contributed by atoms with Crippen molar-refractivity contribution >= 4 is 23.6 Å². The van der Waals surface area contributed by atoms with Gasteiger partial charge in [-0.3, -0.25) is 4.79 Å². The Hall–Kier alpha value is -4.32. The van der Waals surface area contributed by atoms with Crippen LogP contribution in [0.15, 0.2) is 97.1 Å². The largest absolute Gasteiger partial charge is 0.481 e. The molecule has 0 unspecified atom stereocenters. The summed E-state index contributed by atoms with van der Waals surface area (Å²) >= 11 is 1.69. The third-order valence-corrected chi connectivity index (χ3v) is 9.00. The highest BCUT2D eigenvalue weighted by Crippen LogP contribution is 2.51. The smallest absolute Gasteiger partial charge is 0.307 e. The van der Waals surface area contributed by atoms with Crippen molar-refractivity contribution in [2.45, 2.75) is 60.1 Å². The topological polar surface area (TPSA) is 60.8 Å². The molecule has 236 valence electrons. The minimum atomic E-state index is -0.811. The number of carboxylic acid groups (broad SMARTS) is 1. The van der Waals surface area contributed by atoms with Gasteiger partial charge in [0.25, 0.3) is 0 Å². The lowest BCUT2D eigenvalue weighted by Crippen LogP contribution is -2.22. The summed E-state index contributed by atoms with van der Waals surface area (Å²) in [5.74, 6) is -0.811. The predicted octanol–water partition coefficient (Wildman–Crippen LogP) is 10.3. The Labute approximate surface area is 277 Å². The zero-order chi connectivity index (χ0) is 33.2. The fourth-order valence-electron chi connectivity index (χ4n) is 6.30. The van der Waals surface area contributed by atoms with Crippen LogP contribution in [0.3, 0.4) is 0 Å². The summed E-state index contributed by atoms with van der Waals surface area (Å²) in [6.45, 7) is 12.3. The van der Waals surface area contributed by atoms with E-state index >= 15 is 0 Å². The number of aliphatic hydroxyl groups is 1. The first kappa shape index (κ1) is 33.1. The molecule has 1 aliphatic rings. The van der Waals surface area contributed by atoms with E-state index in [4.69, 9.17) is 5.11 Å². The van der Waals surface area contributed by atoms with Gasteiger partial charge < -0.3 is 14.5 Å². The number of rotatable bonds is 6. The number of carboxylic acids is 1. The molecule has 0 aliphatic carbocycles. The number of anilines is 1. The van der Waals surface area contributed by atoms with Crippen molar-refractivity contribution in [1.29, 1.82) is 0 Å². The van der Waals surface area contributed by atoms with Crippen LogP contribution in [0.2, 0.25) is 0 Å². The second kappa shape index (κ2) is 13.6. The van der Waals surface area contributed by atoms with E-state index < -0.39 is 11.6 Å². The second-order valence-corrected chi connectivity index (χ2v) is 13.7. The van der Waals surface area contributed by atoms with Gasteiger partial charge in [-0.15, -0.1) is 0 Å². The molecule has 0 atom stereocenters. The van der Waals surface area contributed by atoms with Gasteiger partial charge in [-0.25, -0.2) is 0 Å². The molecule has 5 aromatic rings. The molecule has 5 heteroatoms. The fraction of sp³-hybridized carbons (Fsp3) is 0.244. The summed E-state index contributed by atoms with van der Waals surface area (Å²) in [7, 11) is 0. The van der Waals surface area contributed by atoms with Gasteiger partial charge in [0.15, 0.2) is 0 Å². The zero-order valence-electron chi connectivity index (χ0n) is 27.8. The molecule has 46 heavy (non-hydrogen) atoms. The molecular weight excluding hydrogens is 587 g/mol. The summed E-state index contributed by atoms with van der Waals surface area (Å²) < 4.78 is 2.33. The van der Waals surface area contributed by atoms with Crippen molar-refractivity contribution in [3.05, 3.63) is 125 Å². The molecule has 0 radical (unpaired) electrons. The average molecular weight is 630 g/mol. The van der Waals surface area contributed by atoms with Crippen LogP contribution in [0.4, 0.5) is 5.69 Å². The molecule has 0 fully saturated rings. The molecule has 0 spiro atoms. The number of fused-ring (bicyclic) bond motifs is 3. The molecule has 0 bridgehead atoms. The lowest BCUT2D eigenvalue weighted by atomic mass is 9.80. The number of aliphatic carboxylic acids is 1. The number of benzene rings is 5. The van der Waals surface area contributed by atoms with Crippen molar-refractivity contribution < 1.29 is 15.0 Å². The van der Waals surface area contributed by atoms with E-state index in [1.807, 2.05) is 0 Å². The Balaban J connectivity index is 0.000000775. The highest BCUT2D eigenvalue weighted by atomic mass is 32.2. The van der Waals surface area contributed by atoms with Crippen LogP contribution < -0.4 is 4.31 Å². The average Bonchev–Trinajstić information content (AvgIpc) is 3.02. The maximum absolute atomic E-state index is 12.1. The van der Waals surface area contributed by atoms with Gasteiger partial charge >= 0.3 is 5.97 Å². The van der Waals surface area contributed by atoms with Gasteiger partial charge in [0.1, 0.15) is 0 Å². The molecule has 0 aromatic heterocycles. The van der Waals surface area contributed by atoms with Crippen LogP contribution in [0.1, 0.15) is 48.6 Å². The maximum Gasteiger partial charge on any atom is 0.307 e. The standard InChI is InChI=1S/C37H33NO2S.C4H10O/c1-23-14-16-27(17-15-23)35-25(3)36-32-19-18-28(31-13-9-8-12-30(31)26-10-6-5-7-11-26)20-29(32)22-38(41-4)37(36)24(2)33(35)21-34(39)40;1-4(2,3)5/h5-20H,21-22H2,1-4H3,(H,39,40);5H,1-3H3. The van der Waals surface area contributed by atoms with Crippen LogP contribution in [0.5, 0.6) is 0 Å². The number of carbonyl (C=O) groups is 1. The van der Waals surface area contributed by atoms with E-state index in [9.17, 15) is 9.90 Å². The third-order valence-electron chi connectivity index (χ3n) is 8.25. The first-order chi connectivity index (χ1) is 21.9. The monoisotopic (exact) mass is 629 g/mol. The summed E-state index contributed by atoms with van der Waals surface area (Å²) in [5.41, 5.74) is 15.5. The van der Waals surface area contributed by atoms with Crippen molar-refractivity contribution in [2.75, 3.05) is 10.6 Å². The van der Waals surface area contributed by atoms with E-state index in [-0.39, 0.29) is 6.42 Å². The van der Waals surface area contributed by atoms with Crippen LogP contribution in [-0.2, 0) is 17.8 Å². The van der Waals surface area contributed by atoms with Crippen LogP contribution in [0, 0.1) is 20.8 Å². The lowest BCUT2D eigenvalue weighted by Gasteiger charge is -2.36. The zero-order valence-corrected chi connectivity index (χ0v) is 28.6. The molecule has 5 aromatic carbocycles. The molecule has 0 saturated heterocycles. The summed E-state index contributed by atoms with van der Waals surface area (Å²) in [4.78, 5) is 12.1. The molecule has 2 N–H and O–H groups in total. The van der Waals surface area contributed by atoms with E-state index in [1.165, 1.54) is 44.5 Å². The summed E-state index contributed by atoms with van der Waals surface area (Å²) in [6.07, 6.45) is 2.09. The Bertz CT molecular complexity index is 1870. The number of hydrogen-bond acceptors (Lipinski definition) is 4. The van der Waals surface area contributed by atoms with Crippen molar-refractivity contribution in [1.82, 2.24) is 0 Å². The molecule has 6 rings (SSSR count). The molecule has 1 aliphatic heterocycles. The van der Waals surface area contributed by atoms with Gasteiger partial charge in [-0.1, -0.05) is 109 Å². The van der Waals surface area contributed by atoms with Gasteiger partial charge in [0.2, 0.25) is 0 Å². The van der Waals surface area contributed by atoms with Crippen LogP contribution >= 0.6 is 11.9 Å².